The molecule has 1 saturated heterocycles. The van der Waals surface area contributed by atoms with Crippen molar-refractivity contribution in [2.24, 2.45) is 0 Å². The fourth-order valence-corrected chi connectivity index (χ4v) is 2.84. The molecule has 0 spiro atoms. The number of hydrazine groups is 1. The minimum absolute atomic E-state index is 0.0710. The van der Waals surface area contributed by atoms with Crippen LogP contribution in [0.1, 0.15) is 30.6 Å². The highest BCUT2D eigenvalue weighted by Gasteiger charge is 2.43. The average molecular weight is 348 g/mol. The average Bonchev–Trinajstić information content (AvgIpc) is 2.79. The maximum atomic E-state index is 12.5. The van der Waals surface area contributed by atoms with E-state index < -0.39 is 6.04 Å². The second kappa shape index (κ2) is 7.87. The van der Waals surface area contributed by atoms with E-state index in [1.54, 1.807) is 44.2 Å². The van der Waals surface area contributed by atoms with E-state index in [1.807, 2.05) is 0 Å². The van der Waals surface area contributed by atoms with E-state index >= 15 is 0 Å². The number of hydrogen-bond donors (Lipinski definition) is 2. The van der Waals surface area contributed by atoms with Crippen LogP contribution in [-0.2, 0) is 9.59 Å². The van der Waals surface area contributed by atoms with Crippen molar-refractivity contribution in [2.45, 2.75) is 26.3 Å². The van der Waals surface area contributed by atoms with Crippen LogP contribution in [0.2, 0.25) is 0 Å². The highest BCUT2D eigenvalue weighted by Crippen LogP contribution is 2.19. The van der Waals surface area contributed by atoms with E-state index in [0.717, 1.165) is 0 Å². The fourth-order valence-electron chi connectivity index (χ4n) is 2.45. The molecular formula is C16H20N4O3S. The SMILES string of the molecule is CCNC(=O)C[C@H]1C(=O)N(CC)C(=S)N1NC(=O)c1ccccc1. The molecule has 0 aromatic heterocycles. The number of nitrogens with zero attached hydrogens (tertiary/aromatic N) is 2. The van der Waals surface area contributed by atoms with Crippen molar-refractivity contribution in [3.8, 4) is 0 Å². The molecule has 0 saturated carbocycles. The molecule has 0 aliphatic carbocycles. The van der Waals surface area contributed by atoms with Crippen LogP contribution in [0.15, 0.2) is 30.3 Å². The Hall–Kier alpha value is -2.48. The van der Waals surface area contributed by atoms with E-state index in [0.29, 0.717) is 18.7 Å². The van der Waals surface area contributed by atoms with Gasteiger partial charge in [-0.05, 0) is 38.2 Å². The zero-order valence-electron chi connectivity index (χ0n) is 13.6. The van der Waals surface area contributed by atoms with Gasteiger partial charge in [0.15, 0.2) is 5.11 Å². The van der Waals surface area contributed by atoms with Crippen LogP contribution < -0.4 is 10.7 Å². The summed E-state index contributed by atoms with van der Waals surface area (Å²) >= 11 is 5.29. The van der Waals surface area contributed by atoms with Crippen molar-refractivity contribution in [3.63, 3.8) is 0 Å². The number of benzene rings is 1. The Morgan fingerprint density at radius 2 is 1.88 bits per heavy atom. The molecule has 128 valence electrons. The van der Waals surface area contributed by atoms with Crippen LogP contribution in [0.25, 0.3) is 0 Å². The molecule has 1 aliphatic heterocycles. The van der Waals surface area contributed by atoms with E-state index in [1.165, 1.54) is 9.91 Å². The van der Waals surface area contributed by atoms with E-state index in [4.69, 9.17) is 12.2 Å². The van der Waals surface area contributed by atoms with E-state index in [-0.39, 0.29) is 29.3 Å². The smallest absolute Gasteiger partial charge is 0.269 e. The second-order valence-corrected chi connectivity index (χ2v) is 5.58. The predicted molar refractivity (Wildman–Crippen MR) is 92.8 cm³/mol. The number of likely N-dealkylation sites (N-methyl/N-ethyl adjacent to an activating group) is 1. The third-order valence-electron chi connectivity index (χ3n) is 3.63. The third-order valence-corrected chi connectivity index (χ3v) is 4.04. The summed E-state index contributed by atoms with van der Waals surface area (Å²) in [4.78, 5) is 38.1. The van der Waals surface area contributed by atoms with Crippen LogP contribution in [-0.4, -0.2) is 51.9 Å². The minimum atomic E-state index is -0.836. The summed E-state index contributed by atoms with van der Waals surface area (Å²) < 4.78 is 0. The van der Waals surface area contributed by atoms with Crippen LogP contribution in [0.4, 0.5) is 0 Å². The maximum Gasteiger partial charge on any atom is 0.269 e. The number of hydrogen-bond acceptors (Lipinski definition) is 4. The molecule has 1 aliphatic rings. The normalized spacial score (nSPS) is 17.2. The molecule has 1 aromatic carbocycles. The van der Waals surface area contributed by atoms with Gasteiger partial charge >= 0.3 is 0 Å². The molecule has 1 atom stereocenters. The molecule has 1 aromatic rings. The highest BCUT2D eigenvalue weighted by atomic mass is 32.1. The summed E-state index contributed by atoms with van der Waals surface area (Å²) in [6.45, 7) is 4.43. The molecule has 2 rings (SSSR count). The number of thiocarbonyl (C=S) groups is 1. The van der Waals surface area contributed by atoms with Gasteiger partial charge in [0.1, 0.15) is 6.04 Å². The summed E-state index contributed by atoms with van der Waals surface area (Å²) in [5.74, 6) is -0.942. The lowest BCUT2D eigenvalue weighted by Crippen LogP contribution is -2.50. The first-order valence-corrected chi connectivity index (χ1v) is 8.17. The van der Waals surface area contributed by atoms with Crippen LogP contribution >= 0.6 is 12.2 Å². The molecule has 0 bridgehead atoms. The molecule has 24 heavy (non-hydrogen) atoms. The number of rotatable bonds is 6. The summed E-state index contributed by atoms with van der Waals surface area (Å²) in [7, 11) is 0. The molecule has 2 N–H and O–H groups in total. The van der Waals surface area contributed by atoms with Gasteiger partial charge in [-0.1, -0.05) is 18.2 Å². The Kier molecular flexibility index (Phi) is 5.86. The molecule has 8 heteroatoms. The quantitative estimate of drug-likeness (QED) is 0.739. The predicted octanol–water partition coefficient (Wildman–Crippen LogP) is 0.675. The first-order valence-electron chi connectivity index (χ1n) is 7.76. The Morgan fingerprint density at radius 1 is 1.21 bits per heavy atom. The first kappa shape index (κ1) is 17.9. The summed E-state index contributed by atoms with van der Waals surface area (Å²) in [6, 6.07) is 7.77. The van der Waals surface area contributed by atoms with Crippen molar-refractivity contribution < 1.29 is 14.4 Å². The zero-order chi connectivity index (χ0) is 17.7. The Morgan fingerprint density at radius 3 is 2.46 bits per heavy atom. The first-order chi connectivity index (χ1) is 11.5. The van der Waals surface area contributed by atoms with Gasteiger partial charge in [0.25, 0.3) is 11.8 Å². The van der Waals surface area contributed by atoms with Crippen LogP contribution in [0.5, 0.6) is 0 Å². The van der Waals surface area contributed by atoms with Crippen molar-refractivity contribution in [1.29, 1.82) is 0 Å². The third kappa shape index (κ3) is 3.70. The van der Waals surface area contributed by atoms with Gasteiger partial charge in [-0.15, -0.1) is 0 Å². The Bertz CT molecular complexity index is 650. The van der Waals surface area contributed by atoms with E-state index in [9.17, 15) is 14.4 Å². The van der Waals surface area contributed by atoms with Crippen molar-refractivity contribution in [1.82, 2.24) is 20.7 Å². The fraction of sp³-hybridized carbons (Fsp3) is 0.375. The van der Waals surface area contributed by atoms with Gasteiger partial charge in [0.05, 0.1) is 6.42 Å². The lowest BCUT2D eigenvalue weighted by Gasteiger charge is -2.24. The van der Waals surface area contributed by atoms with Gasteiger partial charge in [-0.25, -0.2) is 5.01 Å². The zero-order valence-corrected chi connectivity index (χ0v) is 14.4. The minimum Gasteiger partial charge on any atom is -0.356 e. The van der Waals surface area contributed by atoms with Gasteiger partial charge in [0.2, 0.25) is 5.91 Å². The summed E-state index contributed by atoms with van der Waals surface area (Å²) in [5.41, 5.74) is 3.09. The molecular weight excluding hydrogens is 328 g/mol. The van der Waals surface area contributed by atoms with Crippen molar-refractivity contribution >= 4 is 35.1 Å². The molecule has 7 nitrogen and oxygen atoms in total. The van der Waals surface area contributed by atoms with Gasteiger partial charge in [-0.3, -0.25) is 24.7 Å². The number of nitrogens with one attached hydrogen (secondary N) is 2. The lowest BCUT2D eigenvalue weighted by atomic mass is 10.2. The standard InChI is InChI=1S/C16H20N4O3S/c1-3-17-13(21)10-12-15(23)19(4-2)16(24)20(12)18-14(22)11-8-6-5-7-9-11/h5-9,12H,3-4,10H2,1-2H3,(H,17,21)(H,18,22)/t12-/m0/s1. The number of amides is 3. The van der Waals surface area contributed by atoms with Crippen molar-refractivity contribution in [2.75, 3.05) is 13.1 Å². The van der Waals surface area contributed by atoms with Gasteiger partial charge in [0, 0.05) is 18.7 Å². The molecule has 0 unspecified atom stereocenters. The molecule has 3 amide bonds. The van der Waals surface area contributed by atoms with Crippen LogP contribution in [0.3, 0.4) is 0 Å². The van der Waals surface area contributed by atoms with Crippen LogP contribution in [0, 0.1) is 0 Å². The molecule has 1 heterocycles. The monoisotopic (exact) mass is 348 g/mol. The topological polar surface area (TPSA) is 81.8 Å². The van der Waals surface area contributed by atoms with E-state index in [2.05, 4.69) is 10.7 Å². The van der Waals surface area contributed by atoms with Gasteiger partial charge in [-0.2, -0.15) is 0 Å². The molecule has 0 radical (unpaired) electrons. The summed E-state index contributed by atoms with van der Waals surface area (Å²) in [6.07, 6.45) is -0.0710. The maximum absolute atomic E-state index is 12.5. The Balaban J connectivity index is 2.19. The van der Waals surface area contributed by atoms with Crippen molar-refractivity contribution in [3.05, 3.63) is 35.9 Å². The largest absolute Gasteiger partial charge is 0.356 e. The molecule has 1 fully saturated rings. The number of carbonyl (C=O) groups is 3. The van der Waals surface area contributed by atoms with Gasteiger partial charge < -0.3 is 5.32 Å². The second-order valence-electron chi connectivity index (χ2n) is 5.22. The Labute approximate surface area is 146 Å². The lowest BCUT2D eigenvalue weighted by molar-refractivity contribution is -0.132. The summed E-state index contributed by atoms with van der Waals surface area (Å²) in [5, 5.41) is 4.16. The number of carbonyl (C=O) groups excluding carboxylic acids is 3. The highest BCUT2D eigenvalue weighted by molar-refractivity contribution is 7.80.